The molecule has 6 heteroatoms. The highest BCUT2D eigenvalue weighted by Gasteiger charge is 2.15. The second-order valence-electron chi connectivity index (χ2n) is 3.06. The first-order chi connectivity index (χ1) is 6.94. The van der Waals surface area contributed by atoms with E-state index in [1.54, 1.807) is 6.07 Å². The summed E-state index contributed by atoms with van der Waals surface area (Å²) in [5.74, 6) is -0.847. The van der Waals surface area contributed by atoms with Crippen molar-refractivity contribution in [2.75, 3.05) is 13.4 Å². The Balaban J connectivity index is 3.13. The molecule has 0 N–H and O–H groups in total. The van der Waals surface area contributed by atoms with Crippen molar-refractivity contribution in [3.8, 4) is 0 Å². The Bertz CT molecular complexity index is 467. The molecular formula is C9H11NO4S. The standard InChI is InChI=1S/C9H11NO4S/c1-14-9(11)7-4-3-5-10-8(7)6-15(2,12)13/h3-5H,6H2,1-2H3. The van der Waals surface area contributed by atoms with Gasteiger partial charge < -0.3 is 4.74 Å². The molecule has 0 fully saturated rings. The molecule has 0 amide bonds. The van der Waals surface area contributed by atoms with Crippen molar-refractivity contribution in [3.05, 3.63) is 29.6 Å². The van der Waals surface area contributed by atoms with Gasteiger partial charge in [-0.05, 0) is 12.1 Å². The monoisotopic (exact) mass is 229 g/mol. The lowest BCUT2D eigenvalue weighted by atomic mass is 10.2. The largest absolute Gasteiger partial charge is 0.465 e. The molecule has 0 radical (unpaired) electrons. The molecule has 0 spiro atoms. The van der Waals surface area contributed by atoms with Gasteiger partial charge in [0.25, 0.3) is 0 Å². The second kappa shape index (κ2) is 4.39. The highest BCUT2D eigenvalue weighted by Crippen LogP contribution is 2.10. The maximum absolute atomic E-state index is 11.3. The molecule has 1 aromatic heterocycles. The molecule has 0 aliphatic rings. The molecule has 0 aromatic carbocycles. The molecule has 5 nitrogen and oxygen atoms in total. The molecule has 0 atom stereocenters. The normalized spacial score (nSPS) is 11.1. The number of pyridine rings is 1. The molecular weight excluding hydrogens is 218 g/mol. The molecule has 0 saturated heterocycles. The summed E-state index contributed by atoms with van der Waals surface area (Å²) in [4.78, 5) is 15.1. The van der Waals surface area contributed by atoms with Gasteiger partial charge in [-0.25, -0.2) is 13.2 Å². The minimum Gasteiger partial charge on any atom is -0.465 e. The Labute approximate surface area is 88.0 Å². The zero-order chi connectivity index (χ0) is 11.5. The van der Waals surface area contributed by atoms with E-state index >= 15 is 0 Å². The second-order valence-corrected chi connectivity index (χ2v) is 5.20. The van der Waals surface area contributed by atoms with Gasteiger partial charge in [-0.2, -0.15) is 0 Å². The third kappa shape index (κ3) is 3.32. The Morgan fingerprint density at radius 3 is 2.73 bits per heavy atom. The Kier molecular flexibility index (Phi) is 3.41. The van der Waals surface area contributed by atoms with Crippen LogP contribution in [0.25, 0.3) is 0 Å². The lowest BCUT2D eigenvalue weighted by molar-refractivity contribution is 0.0599. The predicted molar refractivity (Wildman–Crippen MR) is 54.1 cm³/mol. The summed E-state index contributed by atoms with van der Waals surface area (Å²) in [5, 5.41) is 0. The molecule has 1 aromatic rings. The maximum atomic E-state index is 11.3. The van der Waals surface area contributed by atoms with E-state index in [1.807, 2.05) is 0 Å². The van der Waals surface area contributed by atoms with E-state index in [9.17, 15) is 13.2 Å². The first-order valence-electron chi connectivity index (χ1n) is 4.14. The van der Waals surface area contributed by atoms with Crippen LogP contribution in [0.5, 0.6) is 0 Å². The van der Waals surface area contributed by atoms with E-state index in [0.29, 0.717) is 0 Å². The summed E-state index contributed by atoms with van der Waals surface area (Å²) in [7, 11) is -1.98. The number of sulfone groups is 1. The van der Waals surface area contributed by atoms with Gasteiger partial charge in [0.2, 0.25) is 0 Å². The Morgan fingerprint density at radius 2 is 2.20 bits per heavy atom. The average molecular weight is 229 g/mol. The third-order valence-corrected chi connectivity index (χ3v) is 2.49. The summed E-state index contributed by atoms with van der Waals surface area (Å²) < 4.78 is 26.7. The third-order valence-electron chi connectivity index (χ3n) is 1.69. The predicted octanol–water partition coefficient (Wildman–Crippen LogP) is 0.413. The number of rotatable bonds is 3. The van der Waals surface area contributed by atoms with Crippen molar-refractivity contribution in [1.29, 1.82) is 0 Å². The number of carbonyl (C=O) groups is 1. The Morgan fingerprint density at radius 1 is 1.53 bits per heavy atom. The molecule has 0 aliphatic heterocycles. The fourth-order valence-corrected chi connectivity index (χ4v) is 1.82. The van der Waals surface area contributed by atoms with Crippen LogP contribution in [0, 0.1) is 0 Å². The van der Waals surface area contributed by atoms with Gasteiger partial charge >= 0.3 is 5.97 Å². The maximum Gasteiger partial charge on any atom is 0.339 e. The van der Waals surface area contributed by atoms with E-state index in [2.05, 4.69) is 9.72 Å². The van der Waals surface area contributed by atoms with Crippen molar-refractivity contribution in [3.63, 3.8) is 0 Å². The summed E-state index contributed by atoms with van der Waals surface area (Å²) in [6, 6.07) is 3.04. The van der Waals surface area contributed by atoms with Crippen LogP contribution in [0.2, 0.25) is 0 Å². The SMILES string of the molecule is COC(=O)c1cccnc1CS(C)(=O)=O. The van der Waals surface area contributed by atoms with Crippen molar-refractivity contribution >= 4 is 15.8 Å². The smallest absolute Gasteiger partial charge is 0.339 e. The minimum atomic E-state index is -3.21. The number of esters is 1. The van der Waals surface area contributed by atoms with E-state index in [1.165, 1.54) is 19.4 Å². The zero-order valence-electron chi connectivity index (χ0n) is 8.43. The molecule has 82 valence electrons. The molecule has 1 rings (SSSR count). The van der Waals surface area contributed by atoms with Gasteiger partial charge in [-0.3, -0.25) is 4.98 Å². The van der Waals surface area contributed by atoms with E-state index < -0.39 is 15.8 Å². The van der Waals surface area contributed by atoms with Gasteiger partial charge in [0, 0.05) is 12.5 Å². The zero-order valence-corrected chi connectivity index (χ0v) is 9.24. The number of methoxy groups -OCH3 is 1. The minimum absolute atomic E-state index is 0.186. The van der Waals surface area contributed by atoms with E-state index in [-0.39, 0.29) is 17.0 Å². The molecule has 0 unspecified atom stereocenters. The number of hydrogen-bond acceptors (Lipinski definition) is 5. The summed E-state index contributed by atoms with van der Waals surface area (Å²) in [6.45, 7) is 0. The van der Waals surface area contributed by atoms with E-state index in [0.717, 1.165) is 6.26 Å². The van der Waals surface area contributed by atoms with Crippen LogP contribution in [-0.4, -0.2) is 32.7 Å². The van der Waals surface area contributed by atoms with Crippen LogP contribution < -0.4 is 0 Å². The van der Waals surface area contributed by atoms with Crippen molar-refractivity contribution in [2.45, 2.75) is 5.75 Å². The number of ether oxygens (including phenoxy) is 1. The number of hydrogen-bond donors (Lipinski definition) is 0. The van der Waals surface area contributed by atoms with Crippen LogP contribution in [0.4, 0.5) is 0 Å². The molecule has 0 saturated carbocycles. The van der Waals surface area contributed by atoms with Gasteiger partial charge in [-0.15, -0.1) is 0 Å². The first kappa shape index (κ1) is 11.6. The quantitative estimate of drug-likeness (QED) is 0.702. The van der Waals surface area contributed by atoms with Crippen LogP contribution in [0.15, 0.2) is 18.3 Å². The number of nitrogens with zero attached hydrogens (tertiary/aromatic N) is 1. The highest BCUT2D eigenvalue weighted by atomic mass is 32.2. The van der Waals surface area contributed by atoms with Crippen LogP contribution >= 0.6 is 0 Å². The Hall–Kier alpha value is -1.43. The van der Waals surface area contributed by atoms with Crippen LogP contribution in [-0.2, 0) is 20.3 Å². The van der Waals surface area contributed by atoms with Gasteiger partial charge in [0.05, 0.1) is 24.1 Å². The fraction of sp³-hybridized carbons (Fsp3) is 0.333. The van der Waals surface area contributed by atoms with Crippen molar-refractivity contribution in [1.82, 2.24) is 4.98 Å². The van der Waals surface area contributed by atoms with Crippen molar-refractivity contribution in [2.24, 2.45) is 0 Å². The topological polar surface area (TPSA) is 73.3 Å². The van der Waals surface area contributed by atoms with E-state index in [4.69, 9.17) is 0 Å². The lowest BCUT2D eigenvalue weighted by Crippen LogP contribution is -2.11. The molecule has 0 bridgehead atoms. The van der Waals surface area contributed by atoms with Gasteiger partial charge in [0.15, 0.2) is 9.84 Å². The van der Waals surface area contributed by atoms with Gasteiger partial charge in [-0.1, -0.05) is 0 Å². The molecule has 1 heterocycles. The summed E-state index contributed by atoms with van der Waals surface area (Å²) in [5.41, 5.74) is 0.400. The summed E-state index contributed by atoms with van der Waals surface area (Å²) >= 11 is 0. The van der Waals surface area contributed by atoms with Crippen LogP contribution in [0.3, 0.4) is 0 Å². The first-order valence-corrected chi connectivity index (χ1v) is 6.20. The van der Waals surface area contributed by atoms with Crippen molar-refractivity contribution < 1.29 is 17.9 Å². The lowest BCUT2D eigenvalue weighted by Gasteiger charge is -2.04. The van der Waals surface area contributed by atoms with Gasteiger partial charge in [0.1, 0.15) is 0 Å². The summed E-state index contributed by atoms with van der Waals surface area (Å²) in [6.07, 6.45) is 2.52. The number of carbonyl (C=O) groups excluding carboxylic acids is 1. The fourth-order valence-electron chi connectivity index (χ4n) is 1.10. The highest BCUT2D eigenvalue weighted by molar-refractivity contribution is 7.89. The number of aromatic nitrogens is 1. The molecule has 0 aliphatic carbocycles. The van der Waals surface area contributed by atoms with Crippen LogP contribution in [0.1, 0.15) is 16.1 Å². The molecule has 15 heavy (non-hydrogen) atoms. The average Bonchev–Trinajstić information content (AvgIpc) is 2.15.